The Morgan fingerprint density at radius 3 is 2.57 bits per heavy atom. The Morgan fingerprint density at radius 2 is 1.90 bits per heavy atom. The van der Waals surface area contributed by atoms with Crippen molar-refractivity contribution in [2.75, 3.05) is 7.05 Å². The Morgan fingerprint density at radius 1 is 1.24 bits per heavy atom. The number of benzene rings is 2. The van der Waals surface area contributed by atoms with Gasteiger partial charge in [-0.05, 0) is 48.0 Å². The van der Waals surface area contributed by atoms with Crippen LogP contribution in [0.25, 0.3) is 0 Å². The highest BCUT2D eigenvalue weighted by Gasteiger charge is 2.22. The molecule has 1 amide bonds. The van der Waals surface area contributed by atoms with Crippen LogP contribution in [0.15, 0.2) is 46.9 Å². The fourth-order valence-electron chi connectivity index (χ4n) is 2.22. The van der Waals surface area contributed by atoms with Gasteiger partial charge in [-0.2, -0.15) is 0 Å². The van der Waals surface area contributed by atoms with Gasteiger partial charge < -0.3 is 10.0 Å². The zero-order valence-corrected chi connectivity index (χ0v) is 13.9. The number of hydrogen-bond acceptors (Lipinski definition) is 2. The minimum Gasteiger partial charge on any atom is -0.508 e. The maximum absolute atomic E-state index is 12.7. The zero-order valence-electron chi connectivity index (χ0n) is 12.3. The molecule has 0 aliphatic heterocycles. The van der Waals surface area contributed by atoms with Crippen molar-refractivity contribution < 1.29 is 9.90 Å². The number of aromatic hydroxyl groups is 1. The molecule has 0 spiro atoms. The third-order valence-electron chi connectivity index (χ3n) is 3.64. The van der Waals surface area contributed by atoms with Gasteiger partial charge in [0.25, 0.3) is 5.91 Å². The third-order valence-corrected chi connectivity index (χ3v) is 4.33. The van der Waals surface area contributed by atoms with Gasteiger partial charge in [0.1, 0.15) is 5.75 Å². The van der Waals surface area contributed by atoms with Crippen LogP contribution in [0.2, 0.25) is 0 Å². The summed E-state index contributed by atoms with van der Waals surface area (Å²) in [6.07, 6.45) is 0. The van der Waals surface area contributed by atoms with Gasteiger partial charge in [0, 0.05) is 17.1 Å². The van der Waals surface area contributed by atoms with E-state index < -0.39 is 0 Å². The molecule has 2 aromatic rings. The Kier molecular flexibility index (Phi) is 4.68. The molecule has 1 unspecified atom stereocenters. The van der Waals surface area contributed by atoms with Gasteiger partial charge in [-0.25, -0.2) is 0 Å². The monoisotopic (exact) mass is 347 g/mol. The maximum atomic E-state index is 12.7. The van der Waals surface area contributed by atoms with E-state index in [1.807, 2.05) is 44.2 Å². The number of phenols is 1. The molecule has 0 aliphatic carbocycles. The van der Waals surface area contributed by atoms with Crippen molar-refractivity contribution in [3.8, 4) is 5.75 Å². The molecule has 0 aliphatic rings. The summed E-state index contributed by atoms with van der Waals surface area (Å²) in [6.45, 7) is 3.85. The van der Waals surface area contributed by atoms with Gasteiger partial charge in [0.05, 0.1) is 11.6 Å². The third kappa shape index (κ3) is 3.27. The van der Waals surface area contributed by atoms with Crippen LogP contribution in [-0.4, -0.2) is 23.0 Å². The molecular formula is C17H18BrNO2. The number of rotatable bonds is 3. The molecule has 21 heavy (non-hydrogen) atoms. The van der Waals surface area contributed by atoms with Gasteiger partial charge in [-0.15, -0.1) is 0 Å². The van der Waals surface area contributed by atoms with Gasteiger partial charge in [0.15, 0.2) is 0 Å². The molecular weight excluding hydrogens is 330 g/mol. The summed E-state index contributed by atoms with van der Waals surface area (Å²) < 4.78 is 0.773. The lowest BCUT2D eigenvalue weighted by atomic mass is 10.0. The van der Waals surface area contributed by atoms with Crippen LogP contribution < -0.4 is 0 Å². The molecule has 0 saturated carbocycles. The smallest absolute Gasteiger partial charge is 0.255 e. The highest BCUT2D eigenvalue weighted by molar-refractivity contribution is 9.10. The molecule has 0 fully saturated rings. The van der Waals surface area contributed by atoms with E-state index in [0.717, 1.165) is 15.6 Å². The van der Waals surface area contributed by atoms with E-state index in [1.54, 1.807) is 24.1 Å². The summed E-state index contributed by atoms with van der Waals surface area (Å²) in [5.41, 5.74) is 2.39. The normalized spacial score (nSPS) is 12.0. The molecule has 1 atom stereocenters. The number of hydrogen-bond donors (Lipinski definition) is 1. The van der Waals surface area contributed by atoms with E-state index in [-0.39, 0.29) is 17.7 Å². The molecule has 0 aromatic heterocycles. The molecule has 0 bridgehead atoms. The predicted molar refractivity (Wildman–Crippen MR) is 87.5 cm³/mol. The van der Waals surface area contributed by atoms with Crippen molar-refractivity contribution in [3.63, 3.8) is 0 Å². The largest absolute Gasteiger partial charge is 0.508 e. The summed E-state index contributed by atoms with van der Waals surface area (Å²) in [5, 5.41) is 9.93. The maximum Gasteiger partial charge on any atom is 0.255 e. The Labute approximate surface area is 133 Å². The van der Waals surface area contributed by atoms with Crippen molar-refractivity contribution in [2.24, 2.45) is 0 Å². The van der Waals surface area contributed by atoms with Crippen LogP contribution in [0.4, 0.5) is 0 Å². The molecule has 0 heterocycles. The number of nitrogens with zero attached hydrogens (tertiary/aromatic N) is 1. The lowest BCUT2D eigenvalue weighted by Gasteiger charge is -2.26. The highest BCUT2D eigenvalue weighted by Crippen LogP contribution is 2.29. The Hall–Kier alpha value is -1.81. The number of carbonyl (C=O) groups is 1. The minimum atomic E-state index is -0.217. The van der Waals surface area contributed by atoms with E-state index in [9.17, 15) is 9.90 Å². The minimum absolute atomic E-state index is 0.0821. The van der Waals surface area contributed by atoms with E-state index in [2.05, 4.69) is 15.9 Å². The highest BCUT2D eigenvalue weighted by atomic mass is 79.9. The number of halogens is 1. The Bertz CT molecular complexity index is 670. The van der Waals surface area contributed by atoms with Crippen molar-refractivity contribution in [1.82, 2.24) is 4.90 Å². The molecule has 2 rings (SSSR count). The van der Waals surface area contributed by atoms with E-state index >= 15 is 0 Å². The summed E-state index contributed by atoms with van der Waals surface area (Å²) in [4.78, 5) is 14.3. The SMILES string of the molecule is Cc1ccc(Br)c(C(=O)N(C)C(C)c2ccccc2O)c1. The van der Waals surface area contributed by atoms with Crippen LogP contribution in [0.1, 0.15) is 34.5 Å². The molecule has 110 valence electrons. The number of aryl methyl sites for hydroxylation is 1. The summed E-state index contributed by atoms with van der Waals surface area (Å²) >= 11 is 3.42. The number of amides is 1. The van der Waals surface area contributed by atoms with Gasteiger partial charge >= 0.3 is 0 Å². The quantitative estimate of drug-likeness (QED) is 0.899. The van der Waals surface area contributed by atoms with Crippen LogP contribution in [-0.2, 0) is 0 Å². The molecule has 3 nitrogen and oxygen atoms in total. The van der Waals surface area contributed by atoms with Gasteiger partial charge in [-0.3, -0.25) is 4.79 Å². The summed E-state index contributed by atoms with van der Waals surface area (Å²) in [6, 6.07) is 12.6. The van der Waals surface area contributed by atoms with Crippen molar-refractivity contribution in [3.05, 3.63) is 63.6 Å². The van der Waals surface area contributed by atoms with Crippen molar-refractivity contribution >= 4 is 21.8 Å². The lowest BCUT2D eigenvalue weighted by Crippen LogP contribution is -2.30. The van der Waals surface area contributed by atoms with Gasteiger partial charge in [0.2, 0.25) is 0 Å². The van der Waals surface area contributed by atoms with E-state index in [0.29, 0.717) is 5.56 Å². The standard InChI is InChI=1S/C17H18BrNO2/c1-11-8-9-15(18)14(10-11)17(21)19(3)12(2)13-6-4-5-7-16(13)20/h4-10,12,20H,1-3H3. The van der Waals surface area contributed by atoms with Crippen molar-refractivity contribution in [2.45, 2.75) is 19.9 Å². The van der Waals surface area contributed by atoms with E-state index in [1.165, 1.54) is 0 Å². The summed E-state index contributed by atoms with van der Waals surface area (Å²) in [5.74, 6) is 0.120. The molecule has 0 saturated heterocycles. The Balaban J connectivity index is 2.31. The zero-order chi connectivity index (χ0) is 15.6. The second-order valence-electron chi connectivity index (χ2n) is 5.13. The second kappa shape index (κ2) is 6.31. The van der Waals surface area contributed by atoms with Crippen LogP contribution in [0.5, 0.6) is 5.75 Å². The fourth-order valence-corrected chi connectivity index (χ4v) is 2.63. The first-order chi connectivity index (χ1) is 9.91. The second-order valence-corrected chi connectivity index (χ2v) is 5.99. The first kappa shape index (κ1) is 15.6. The molecule has 2 aromatic carbocycles. The molecule has 1 N–H and O–H groups in total. The number of para-hydroxylation sites is 1. The van der Waals surface area contributed by atoms with Crippen LogP contribution >= 0.6 is 15.9 Å². The lowest BCUT2D eigenvalue weighted by molar-refractivity contribution is 0.0740. The van der Waals surface area contributed by atoms with Gasteiger partial charge in [-0.1, -0.05) is 29.8 Å². The molecule has 4 heteroatoms. The fraction of sp³-hybridized carbons (Fsp3) is 0.235. The first-order valence-corrected chi connectivity index (χ1v) is 7.52. The first-order valence-electron chi connectivity index (χ1n) is 6.73. The summed E-state index contributed by atoms with van der Waals surface area (Å²) in [7, 11) is 1.74. The predicted octanol–water partition coefficient (Wildman–Crippen LogP) is 4.30. The average molecular weight is 348 g/mol. The molecule has 0 radical (unpaired) electrons. The van der Waals surface area contributed by atoms with E-state index in [4.69, 9.17) is 0 Å². The van der Waals surface area contributed by atoms with Crippen LogP contribution in [0.3, 0.4) is 0 Å². The average Bonchev–Trinajstić information content (AvgIpc) is 2.48. The number of carbonyl (C=O) groups excluding carboxylic acids is 1. The van der Waals surface area contributed by atoms with Crippen LogP contribution in [0, 0.1) is 6.92 Å². The topological polar surface area (TPSA) is 40.5 Å². The van der Waals surface area contributed by atoms with Crippen molar-refractivity contribution in [1.29, 1.82) is 0 Å². The number of phenolic OH excluding ortho intramolecular Hbond substituents is 1.